The van der Waals surface area contributed by atoms with Crippen LogP contribution in [0.15, 0.2) is 59.9 Å². The molecule has 0 radical (unpaired) electrons. The molecule has 2 aromatic carbocycles. The zero-order valence-electron chi connectivity index (χ0n) is 16.4. The molecule has 1 atom stereocenters. The summed E-state index contributed by atoms with van der Waals surface area (Å²) in [7, 11) is 1.76. The summed E-state index contributed by atoms with van der Waals surface area (Å²) in [5.74, 6) is 2.36. The van der Waals surface area contributed by atoms with Gasteiger partial charge in [-0.3, -0.25) is 10.1 Å². The first-order valence-electron chi connectivity index (χ1n) is 9.26. The van der Waals surface area contributed by atoms with Crippen molar-refractivity contribution in [2.75, 3.05) is 13.6 Å². The van der Waals surface area contributed by atoms with E-state index in [1.807, 2.05) is 37.3 Å². The van der Waals surface area contributed by atoms with E-state index in [4.69, 9.17) is 4.74 Å². The summed E-state index contributed by atoms with van der Waals surface area (Å²) in [5, 5.41) is 13.4. The van der Waals surface area contributed by atoms with Gasteiger partial charge in [0, 0.05) is 19.2 Å². The Hall–Kier alpha value is -3.35. The molecule has 3 N–H and O–H groups in total. The van der Waals surface area contributed by atoms with E-state index in [-0.39, 0.29) is 6.10 Å². The molecule has 28 heavy (non-hydrogen) atoms. The second-order valence-electron chi connectivity index (χ2n) is 6.59. The minimum Gasteiger partial charge on any atom is -0.489 e. The molecule has 7 heteroatoms. The van der Waals surface area contributed by atoms with Crippen molar-refractivity contribution in [1.29, 1.82) is 0 Å². The molecular formula is C21H26N6O. The molecule has 3 aromatic rings. The lowest BCUT2D eigenvalue weighted by atomic mass is 10.1. The highest BCUT2D eigenvalue weighted by Gasteiger charge is 2.07. The van der Waals surface area contributed by atoms with Crippen LogP contribution in [-0.4, -0.2) is 40.8 Å². The summed E-state index contributed by atoms with van der Waals surface area (Å²) in [6, 6.07) is 16.2. The number of hydrogen-bond acceptors (Lipinski definition) is 4. The minimum atomic E-state index is 0.00938. The molecule has 0 spiro atoms. The zero-order valence-corrected chi connectivity index (χ0v) is 16.4. The maximum absolute atomic E-state index is 5.95. The van der Waals surface area contributed by atoms with E-state index in [2.05, 4.69) is 55.9 Å². The number of guanidine groups is 1. The second kappa shape index (κ2) is 9.55. The molecule has 0 aliphatic rings. The number of benzene rings is 2. The quantitative estimate of drug-likeness (QED) is 0.435. The number of nitrogens with one attached hydrogen (secondary N) is 3. The van der Waals surface area contributed by atoms with Crippen LogP contribution in [0.25, 0.3) is 11.4 Å². The molecule has 7 nitrogen and oxygen atoms in total. The van der Waals surface area contributed by atoms with Crippen molar-refractivity contribution in [3.63, 3.8) is 0 Å². The number of aliphatic imine (C=N–C) groups is 1. The molecule has 0 aliphatic carbocycles. The summed E-state index contributed by atoms with van der Waals surface area (Å²) < 4.78 is 5.95. The number of H-pyrrole nitrogens is 1. The first-order chi connectivity index (χ1) is 13.6. The molecular weight excluding hydrogens is 352 g/mol. The number of aromatic amines is 1. The summed E-state index contributed by atoms with van der Waals surface area (Å²) in [5.41, 5.74) is 3.31. The van der Waals surface area contributed by atoms with Crippen molar-refractivity contribution < 1.29 is 4.74 Å². The van der Waals surface area contributed by atoms with Crippen LogP contribution in [0.3, 0.4) is 0 Å². The third-order valence-corrected chi connectivity index (χ3v) is 4.18. The molecule has 0 amide bonds. The van der Waals surface area contributed by atoms with Gasteiger partial charge in [0.25, 0.3) is 0 Å². The van der Waals surface area contributed by atoms with E-state index >= 15 is 0 Å². The molecule has 0 bridgehead atoms. The first kappa shape index (κ1) is 19.4. The lowest BCUT2D eigenvalue weighted by molar-refractivity contribution is 0.223. The zero-order chi connectivity index (χ0) is 19.8. The molecule has 0 saturated heterocycles. The molecule has 0 fully saturated rings. The number of aromatic nitrogens is 3. The maximum Gasteiger partial charge on any atom is 0.191 e. The van der Waals surface area contributed by atoms with Crippen LogP contribution < -0.4 is 15.4 Å². The van der Waals surface area contributed by atoms with Crippen LogP contribution >= 0.6 is 0 Å². The third-order valence-electron chi connectivity index (χ3n) is 4.18. The van der Waals surface area contributed by atoms with Gasteiger partial charge in [0.15, 0.2) is 11.8 Å². The van der Waals surface area contributed by atoms with Gasteiger partial charge in [-0.05, 0) is 43.2 Å². The summed E-state index contributed by atoms with van der Waals surface area (Å²) in [4.78, 5) is 8.47. The Labute approximate surface area is 165 Å². The van der Waals surface area contributed by atoms with E-state index in [1.54, 1.807) is 7.05 Å². The van der Waals surface area contributed by atoms with Gasteiger partial charge in [-0.1, -0.05) is 30.3 Å². The smallest absolute Gasteiger partial charge is 0.191 e. The summed E-state index contributed by atoms with van der Waals surface area (Å²) in [6.45, 7) is 5.38. The van der Waals surface area contributed by atoms with Crippen molar-refractivity contribution >= 4 is 5.96 Å². The SMILES string of the molecule is CN=C(NCc1cccc(-c2ncn[nH]2)c1)NCC(C)Oc1cccc(C)c1. The predicted molar refractivity (Wildman–Crippen MR) is 111 cm³/mol. The Bertz CT molecular complexity index is 907. The lowest BCUT2D eigenvalue weighted by Gasteiger charge is -2.18. The molecule has 0 saturated carbocycles. The number of aryl methyl sites for hydroxylation is 1. The molecule has 1 heterocycles. The lowest BCUT2D eigenvalue weighted by Crippen LogP contribution is -2.41. The van der Waals surface area contributed by atoms with Crippen molar-refractivity contribution in [3.05, 3.63) is 66.0 Å². The van der Waals surface area contributed by atoms with E-state index in [9.17, 15) is 0 Å². The fraction of sp³-hybridized carbons (Fsp3) is 0.286. The van der Waals surface area contributed by atoms with Gasteiger partial charge in [0.2, 0.25) is 0 Å². The average Bonchev–Trinajstić information content (AvgIpc) is 3.23. The van der Waals surface area contributed by atoms with Gasteiger partial charge >= 0.3 is 0 Å². The van der Waals surface area contributed by atoms with Gasteiger partial charge in [-0.25, -0.2) is 4.98 Å². The van der Waals surface area contributed by atoms with Gasteiger partial charge in [0.1, 0.15) is 18.2 Å². The van der Waals surface area contributed by atoms with Crippen molar-refractivity contribution in [1.82, 2.24) is 25.8 Å². The monoisotopic (exact) mass is 378 g/mol. The second-order valence-corrected chi connectivity index (χ2v) is 6.59. The normalized spacial score (nSPS) is 12.5. The topological polar surface area (TPSA) is 87.2 Å². The van der Waals surface area contributed by atoms with Crippen molar-refractivity contribution in [3.8, 4) is 17.1 Å². The van der Waals surface area contributed by atoms with Gasteiger partial charge in [-0.15, -0.1) is 0 Å². The number of rotatable bonds is 7. The van der Waals surface area contributed by atoms with Crippen LogP contribution in [0.4, 0.5) is 0 Å². The van der Waals surface area contributed by atoms with Crippen molar-refractivity contribution in [2.45, 2.75) is 26.5 Å². The highest BCUT2D eigenvalue weighted by atomic mass is 16.5. The Balaban J connectivity index is 1.49. The van der Waals surface area contributed by atoms with Crippen LogP contribution in [0, 0.1) is 6.92 Å². The first-order valence-corrected chi connectivity index (χ1v) is 9.26. The third kappa shape index (κ3) is 5.57. The van der Waals surface area contributed by atoms with Crippen molar-refractivity contribution in [2.24, 2.45) is 4.99 Å². The van der Waals surface area contributed by atoms with Gasteiger partial charge in [0.05, 0.1) is 6.54 Å². The highest BCUT2D eigenvalue weighted by Crippen LogP contribution is 2.15. The van der Waals surface area contributed by atoms with Gasteiger partial charge < -0.3 is 15.4 Å². The largest absolute Gasteiger partial charge is 0.489 e. The fourth-order valence-electron chi connectivity index (χ4n) is 2.78. The predicted octanol–water partition coefficient (Wildman–Crippen LogP) is 2.91. The average molecular weight is 378 g/mol. The number of hydrogen-bond donors (Lipinski definition) is 3. The standard InChI is InChI=1S/C21H26N6O/c1-15-6-4-9-19(10-15)28-16(2)12-23-21(22-3)24-13-17-7-5-8-18(11-17)20-25-14-26-27-20/h4-11,14,16H,12-13H2,1-3H3,(H2,22,23,24)(H,25,26,27). The Morgan fingerprint density at radius 3 is 2.79 bits per heavy atom. The van der Waals surface area contributed by atoms with E-state index in [0.29, 0.717) is 13.1 Å². The summed E-state index contributed by atoms with van der Waals surface area (Å²) >= 11 is 0. The maximum atomic E-state index is 5.95. The summed E-state index contributed by atoms with van der Waals surface area (Å²) in [6.07, 6.45) is 1.52. The van der Waals surface area contributed by atoms with Crippen LogP contribution in [0.2, 0.25) is 0 Å². The number of nitrogens with zero attached hydrogens (tertiary/aromatic N) is 3. The molecule has 0 aliphatic heterocycles. The molecule has 1 aromatic heterocycles. The Morgan fingerprint density at radius 2 is 2.04 bits per heavy atom. The fourth-order valence-corrected chi connectivity index (χ4v) is 2.78. The van der Waals surface area contributed by atoms with Gasteiger partial charge in [-0.2, -0.15) is 5.10 Å². The van der Waals surface area contributed by atoms with Crippen LogP contribution in [0.1, 0.15) is 18.1 Å². The molecule has 1 unspecified atom stereocenters. The van der Waals surface area contributed by atoms with E-state index in [1.165, 1.54) is 11.9 Å². The minimum absolute atomic E-state index is 0.00938. The van der Waals surface area contributed by atoms with Crippen LogP contribution in [-0.2, 0) is 6.54 Å². The Morgan fingerprint density at radius 1 is 1.18 bits per heavy atom. The Kier molecular flexibility index (Phi) is 6.62. The molecule has 3 rings (SSSR count). The van der Waals surface area contributed by atoms with E-state index in [0.717, 1.165) is 28.7 Å². The number of ether oxygens (including phenoxy) is 1. The van der Waals surface area contributed by atoms with E-state index < -0.39 is 0 Å². The molecule has 146 valence electrons. The van der Waals surface area contributed by atoms with Crippen LogP contribution in [0.5, 0.6) is 5.75 Å². The highest BCUT2D eigenvalue weighted by molar-refractivity contribution is 5.79.